The van der Waals surface area contributed by atoms with Crippen molar-refractivity contribution < 1.29 is 23.1 Å². The zero-order valence-electron chi connectivity index (χ0n) is 15.0. The number of rotatable bonds is 4. The number of anilines is 2. The number of nitrogens with zero attached hydrogens (tertiary/aromatic N) is 3. The molecule has 1 fully saturated rings. The largest absolute Gasteiger partial charge is 0.508 e. The Morgan fingerprint density at radius 1 is 1.10 bits per heavy atom. The number of phenolic OH excluding ortho intramolecular Hbond substituents is 1. The summed E-state index contributed by atoms with van der Waals surface area (Å²) in [7, 11) is 0. The van der Waals surface area contributed by atoms with E-state index in [2.05, 4.69) is 4.85 Å². The molecule has 1 saturated heterocycles. The number of amides is 1. The summed E-state index contributed by atoms with van der Waals surface area (Å²) >= 11 is 17.6. The molecule has 0 radical (unpaired) electrons. The van der Waals surface area contributed by atoms with Crippen molar-refractivity contribution in [2.75, 3.05) is 21.6 Å². The van der Waals surface area contributed by atoms with E-state index in [-0.39, 0.29) is 28.3 Å². The lowest BCUT2D eigenvalue weighted by atomic mass is 10.0. The van der Waals surface area contributed by atoms with Crippen molar-refractivity contribution in [1.29, 1.82) is 0 Å². The van der Waals surface area contributed by atoms with E-state index in [4.69, 9.17) is 42.0 Å². The Kier molecular flexibility index (Phi) is 5.87. The van der Waals surface area contributed by atoms with E-state index in [1.165, 1.54) is 35.2 Å². The molecular weight excluding hydrogens is 462 g/mol. The van der Waals surface area contributed by atoms with E-state index in [1.54, 1.807) is 0 Å². The molecule has 1 heterocycles. The molecule has 1 amide bonds. The van der Waals surface area contributed by atoms with Gasteiger partial charge in [0.2, 0.25) is 0 Å². The first-order chi connectivity index (χ1) is 14.1. The number of benzene rings is 2. The van der Waals surface area contributed by atoms with Crippen LogP contribution in [-0.2, 0) is 11.0 Å². The fraction of sp³-hybridized carbons (Fsp3) is 0.211. The van der Waals surface area contributed by atoms with E-state index in [0.717, 1.165) is 11.0 Å². The van der Waals surface area contributed by atoms with Crippen LogP contribution in [0.2, 0.25) is 0 Å². The monoisotopic (exact) mass is 473 g/mol. The second-order valence-corrected chi connectivity index (χ2v) is 7.28. The van der Waals surface area contributed by atoms with Crippen LogP contribution in [0.25, 0.3) is 4.85 Å². The first-order valence-corrected chi connectivity index (χ1v) is 9.77. The predicted molar refractivity (Wildman–Crippen MR) is 113 cm³/mol. The first-order valence-electron chi connectivity index (χ1n) is 8.29. The highest BCUT2D eigenvalue weighted by Crippen LogP contribution is 2.42. The number of thiocarbonyl (C=S) groups is 1. The van der Waals surface area contributed by atoms with Gasteiger partial charge in [-0.15, -0.1) is 23.2 Å². The van der Waals surface area contributed by atoms with Gasteiger partial charge in [-0.25, -0.2) is 4.85 Å². The van der Waals surface area contributed by atoms with E-state index in [9.17, 15) is 23.1 Å². The third-order valence-corrected chi connectivity index (χ3v) is 5.88. The predicted octanol–water partition coefficient (Wildman–Crippen LogP) is 5.32. The maximum atomic E-state index is 13.4. The van der Waals surface area contributed by atoms with Gasteiger partial charge in [0.1, 0.15) is 5.75 Å². The molecule has 1 N–H and O–H groups in total. The average molecular weight is 474 g/mol. The van der Waals surface area contributed by atoms with Gasteiger partial charge < -0.3 is 10.0 Å². The molecule has 156 valence electrons. The van der Waals surface area contributed by atoms with E-state index in [0.29, 0.717) is 11.8 Å². The Labute approximate surface area is 185 Å². The third-order valence-electron chi connectivity index (χ3n) is 4.63. The van der Waals surface area contributed by atoms with Crippen molar-refractivity contribution in [3.8, 4) is 5.75 Å². The quantitative estimate of drug-likeness (QED) is 0.371. The van der Waals surface area contributed by atoms with Crippen molar-refractivity contribution in [3.63, 3.8) is 0 Å². The summed E-state index contributed by atoms with van der Waals surface area (Å²) in [6, 6.07) is 8.58. The van der Waals surface area contributed by atoms with Gasteiger partial charge in [0.25, 0.3) is 5.91 Å². The van der Waals surface area contributed by atoms with Crippen LogP contribution < -0.4 is 9.80 Å². The van der Waals surface area contributed by atoms with Crippen molar-refractivity contribution in [2.24, 2.45) is 0 Å². The van der Waals surface area contributed by atoms with Crippen LogP contribution in [0.1, 0.15) is 5.56 Å². The summed E-state index contributed by atoms with van der Waals surface area (Å²) in [6.07, 6.45) is -4.80. The molecule has 0 aliphatic carbocycles. The minimum atomic E-state index is -4.80. The summed E-state index contributed by atoms with van der Waals surface area (Å²) in [6.45, 7) is 6.96. The molecule has 1 aliphatic rings. The van der Waals surface area contributed by atoms with Crippen molar-refractivity contribution in [1.82, 2.24) is 0 Å². The number of carbonyl (C=O) groups is 1. The number of halogens is 5. The third kappa shape index (κ3) is 3.45. The van der Waals surface area contributed by atoms with Gasteiger partial charge in [0.15, 0.2) is 16.3 Å². The molecule has 0 bridgehead atoms. The molecule has 0 unspecified atom stereocenters. The Morgan fingerprint density at radius 3 is 2.17 bits per heavy atom. The average Bonchev–Trinajstić information content (AvgIpc) is 2.94. The first kappa shape index (κ1) is 22.2. The molecule has 0 atom stereocenters. The highest BCUT2D eigenvalue weighted by Gasteiger charge is 2.56. The minimum Gasteiger partial charge on any atom is -0.508 e. The van der Waals surface area contributed by atoms with Crippen LogP contribution in [0.3, 0.4) is 0 Å². The zero-order chi connectivity index (χ0) is 22.3. The number of aromatic hydroxyl groups is 1. The van der Waals surface area contributed by atoms with Gasteiger partial charge in [-0.1, -0.05) is 6.07 Å². The van der Waals surface area contributed by atoms with Gasteiger partial charge in [0.05, 0.1) is 23.9 Å². The van der Waals surface area contributed by atoms with Crippen LogP contribution in [0.5, 0.6) is 5.75 Å². The van der Waals surface area contributed by atoms with Gasteiger partial charge in [-0.3, -0.25) is 9.69 Å². The number of alkyl halides is 5. The fourth-order valence-electron chi connectivity index (χ4n) is 3.12. The Hall–Kier alpha value is -2.54. The van der Waals surface area contributed by atoms with Crippen LogP contribution in [0.4, 0.5) is 30.2 Å². The number of phenols is 1. The smallest absolute Gasteiger partial charge is 0.407 e. The maximum absolute atomic E-state index is 13.4. The lowest BCUT2D eigenvalue weighted by Gasteiger charge is -2.32. The molecule has 3 rings (SSSR count). The lowest BCUT2D eigenvalue weighted by molar-refractivity contribution is -0.136. The van der Waals surface area contributed by atoms with Gasteiger partial charge >= 0.3 is 6.18 Å². The number of hydrogen-bond acceptors (Lipinski definition) is 3. The summed E-state index contributed by atoms with van der Waals surface area (Å²) in [5, 5.41) is 9.41. The molecule has 1 aliphatic heterocycles. The Bertz CT molecular complexity index is 1050. The molecule has 0 saturated carbocycles. The minimum absolute atomic E-state index is 0.0288. The van der Waals surface area contributed by atoms with Gasteiger partial charge in [-0.2, -0.15) is 13.2 Å². The van der Waals surface area contributed by atoms with Gasteiger partial charge in [0, 0.05) is 11.4 Å². The number of carbonyl (C=O) groups excluding carboxylic acids is 1. The number of hydrogen-bond donors (Lipinski definition) is 1. The molecule has 2 aromatic carbocycles. The van der Waals surface area contributed by atoms with E-state index < -0.39 is 28.9 Å². The van der Waals surface area contributed by atoms with Crippen LogP contribution in [-0.4, -0.2) is 33.4 Å². The highest BCUT2D eigenvalue weighted by atomic mass is 35.5. The van der Waals surface area contributed by atoms with Crippen LogP contribution in [0, 0.1) is 6.57 Å². The molecule has 11 heteroatoms. The molecular formula is C19H12Cl2F3N3O2S. The van der Waals surface area contributed by atoms with Crippen molar-refractivity contribution in [2.45, 2.75) is 11.7 Å². The van der Waals surface area contributed by atoms with Crippen molar-refractivity contribution in [3.05, 3.63) is 59.4 Å². The van der Waals surface area contributed by atoms with Crippen LogP contribution in [0.15, 0.2) is 42.5 Å². The Morgan fingerprint density at radius 2 is 1.67 bits per heavy atom. The summed E-state index contributed by atoms with van der Waals surface area (Å²) in [5.74, 6) is -1.31. The van der Waals surface area contributed by atoms with Gasteiger partial charge in [-0.05, 0) is 48.6 Å². The Balaban J connectivity index is 2.18. The summed E-state index contributed by atoms with van der Waals surface area (Å²) in [5.41, 5.74) is -3.11. The maximum Gasteiger partial charge on any atom is 0.407 e. The molecule has 2 aromatic rings. The summed E-state index contributed by atoms with van der Waals surface area (Å²) in [4.78, 5) is 18.5. The van der Waals surface area contributed by atoms with Crippen LogP contribution >= 0.6 is 35.4 Å². The van der Waals surface area contributed by atoms with E-state index >= 15 is 0 Å². The molecule has 0 spiro atoms. The SMILES string of the molecule is [C-]#[N+]c1ccc(N2C(=O)C(CCl)(CCl)N(c3ccc(O)cc3)C2=S)cc1C(F)(F)F. The second kappa shape index (κ2) is 7.95. The molecule has 0 aromatic heterocycles. The van der Waals surface area contributed by atoms with Crippen molar-refractivity contribution >= 4 is 63.5 Å². The van der Waals surface area contributed by atoms with E-state index in [1.807, 2.05) is 0 Å². The molecule has 5 nitrogen and oxygen atoms in total. The fourth-order valence-corrected chi connectivity index (χ4v) is 4.34. The summed E-state index contributed by atoms with van der Waals surface area (Å²) < 4.78 is 40.2. The zero-order valence-corrected chi connectivity index (χ0v) is 17.3. The standard InChI is InChI=1S/C19H12Cl2F3N3O2S/c1-25-15-7-4-12(8-14(15)19(22,23)24)26-16(29)18(9-20,10-21)27(17(26)30)11-2-5-13(28)6-3-11/h2-8,28H,9-10H2. The highest BCUT2D eigenvalue weighted by molar-refractivity contribution is 7.81. The lowest BCUT2D eigenvalue weighted by Crippen LogP contribution is -2.53. The second-order valence-electron chi connectivity index (χ2n) is 6.38. The molecule has 30 heavy (non-hydrogen) atoms. The topological polar surface area (TPSA) is 48.1 Å². The normalized spacial score (nSPS) is 16.1.